The second-order valence-electron chi connectivity index (χ2n) is 11.6. The minimum absolute atomic E-state index is 0.103. The SMILES string of the molecule is C[C@H]1[C@H]([Si](C)(C)O)[C@@H](CCO)O[C@]12C(=O)N(Cc1cccc(NC(=O)[C@H]3CCCN3)c1)c1ccc([N+](=O)[O-])cc12. The predicted octanol–water partition coefficient (Wildman–Crippen LogP) is 3.01. The summed E-state index contributed by atoms with van der Waals surface area (Å²) in [6.45, 7) is 6.21. The second-order valence-corrected chi connectivity index (χ2v) is 15.5. The summed E-state index contributed by atoms with van der Waals surface area (Å²) in [7, 11) is -2.88. The van der Waals surface area contributed by atoms with Gasteiger partial charge in [0.05, 0.1) is 29.3 Å². The Balaban J connectivity index is 1.51. The summed E-state index contributed by atoms with van der Waals surface area (Å²) in [4.78, 5) is 51.0. The molecule has 1 spiro atoms. The van der Waals surface area contributed by atoms with Gasteiger partial charge in [-0.3, -0.25) is 19.7 Å². The summed E-state index contributed by atoms with van der Waals surface area (Å²) in [6, 6.07) is 11.4. The van der Waals surface area contributed by atoms with Crippen LogP contribution in [0.25, 0.3) is 0 Å². The Hall–Kier alpha value is -3.16. The van der Waals surface area contributed by atoms with Crippen LogP contribution in [0.5, 0.6) is 0 Å². The van der Waals surface area contributed by atoms with Gasteiger partial charge in [0.2, 0.25) is 5.91 Å². The first-order valence-electron chi connectivity index (χ1n) is 13.7. The summed E-state index contributed by atoms with van der Waals surface area (Å²) < 4.78 is 6.51. The molecule has 12 heteroatoms. The van der Waals surface area contributed by atoms with Crippen molar-refractivity contribution < 1.29 is 29.2 Å². The van der Waals surface area contributed by atoms with Crippen LogP contribution in [0.1, 0.15) is 37.3 Å². The molecule has 0 saturated carbocycles. The zero-order valence-corrected chi connectivity index (χ0v) is 23.9. The number of nitrogens with one attached hydrogen (secondary N) is 2. The Morgan fingerprint density at radius 1 is 1.30 bits per heavy atom. The zero-order chi connectivity index (χ0) is 28.8. The number of aliphatic hydroxyl groups excluding tert-OH is 1. The van der Waals surface area contributed by atoms with Crippen LogP contribution in [-0.2, 0) is 26.5 Å². The maximum absolute atomic E-state index is 14.4. The number of nitro groups is 1. The lowest BCUT2D eigenvalue weighted by atomic mass is 9.82. The summed E-state index contributed by atoms with van der Waals surface area (Å²) >= 11 is 0. The van der Waals surface area contributed by atoms with E-state index in [0.717, 1.165) is 24.9 Å². The van der Waals surface area contributed by atoms with Crippen molar-refractivity contribution in [2.45, 2.75) is 69.1 Å². The van der Waals surface area contributed by atoms with Gasteiger partial charge in [-0.1, -0.05) is 19.1 Å². The number of anilines is 2. The van der Waals surface area contributed by atoms with E-state index in [9.17, 15) is 29.6 Å². The van der Waals surface area contributed by atoms with E-state index in [4.69, 9.17) is 4.74 Å². The van der Waals surface area contributed by atoms with E-state index in [1.54, 1.807) is 30.1 Å². The highest BCUT2D eigenvalue weighted by atomic mass is 28.4. The van der Waals surface area contributed by atoms with Gasteiger partial charge < -0.3 is 30.2 Å². The fraction of sp³-hybridized carbons (Fsp3) is 0.500. The van der Waals surface area contributed by atoms with Crippen molar-refractivity contribution in [1.82, 2.24) is 5.32 Å². The number of rotatable bonds is 8. The highest BCUT2D eigenvalue weighted by Crippen LogP contribution is 2.60. The average molecular weight is 569 g/mol. The van der Waals surface area contributed by atoms with Gasteiger partial charge >= 0.3 is 0 Å². The minimum Gasteiger partial charge on any atom is -0.432 e. The third-order valence-corrected chi connectivity index (χ3v) is 11.0. The first-order chi connectivity index (χ1) is 19.0. The molecule has 214 valence electrons. The lowest BCUT2D eigenvalue weighted by Gasteiger charge is -2.32. The van der Waals surface area contributed by atoms with Crippen LogP contribution in [0.4, 0.5) is 17.1 Å². The van der Waals surface area contributed by atoms with Crippen molar-refractivity contribution in [2.75, 3.05) is 23.4 Å². The molecule has 2 fully saturated rings. The van der Waals surface area contributed by atoms with E-state index in [1.807, 2.05) is 25.1 Å². The molecule has 0 unspecified atom stereocenters. The van der Waals surface area contributed by atoms with Gasteiger partial charge in [0.15, 0.2) is 13.9 Å². The molecule has 0 bridgehead atoms. The molecule has 2 aromatic rings. The monoisotopic (exact) mass is 568 g/mol. The van der Waals surface area contributed by atoms with Crippen LogP contribution < -0.4 is 15.5 Å². The molecular weight excluding hydrogens is 532 g/mol. The summed E-state index contributed by atoms with van der Waals surface area (Å²) in [6.07, 6.45) is 1.39. The van der Waals surface area contributed by atoms with E-state index in [0.29, 0.717) is 16.9 Å². The molecule has 0 radical (unpaired) electrons. The number of ether oxygens (including phenoxy) is 1. The molecule has 5 rings (SSSR count). The van der Waals surface area contributed by atoms with Crippen molar-refractivity contribution in [3.05, 3.63) is 63.7 Å². The molecule has 0 aromatic heterocycles. The lowest BCUT2D eigenvalue weighted by molar-refractivity contribution is -0.385. The smallest absolute Gasteiger partial charge is 0.269 e. The first-order valence-corrected chi connectivity index (χ1v) is 16.7. The highest BCUT2D eigenvalue weighted by molar-refractivity contribution is 6.71. The van der Waals surface area contributed by atoms with E-state index in [1.165, 1.54) is 12.1 Å². The zero-order valence-electron chi connectivity index (χ0n) is 22.9. The van der Waals surface area contributed by atoms with E-state index in [-0.39, 0.29) is 48.7 Å². The maximum Gasteiger partial charge on any atom is 0.269 e. The normalized spacial score (nSPS) is 27.8. The van der Waals surface area contributed by atoms with Gasteiger partial charge in [0.25, 0.3) is 11.6 Å². The van der Waals surface area contributed by atoms with Gasteiger partial charge in [-0.15, -0.1) is 0 Å². The van der Waals surface area contributed by atoms with Gasteiger partial charge in [-0.25, -0.2) is 0 Å². The Morgan fingerprint density at radius 3 is 2.73 bits per heavy atom. The molecule has 11 nitrogen and oxygen atoms in total. The van der Waals surface area contributed by atoms with Crippen LogP contribution in [0.2, 0.25) is 18.6 Å². The van der Waals surface area contributed by atoms with Crippen LogP contribution in [-0.4, -0.2) is 60.3 Å². The number of amides is 2. The van der Waals surface area contributed by atoms with Crippen LogP contribution in [0.3, 0.4) is 0 Å². The van der Waals surface area contributed by atoms with Gasteiger partial charge in [0, 0.05) is 41.4 Å². The van der Waals surface area contributed by atoms with E-state index < -0.39 is 30.9 Å². The number of carbonyl (C=O) groups excluding carboxylic acids is 2. The van der Waals surface area contributed by atoms with Gasteiger partial charge in [-0.2, -0.15) is 0 Å². The van der Waals surface area contributed by atoms with Crippen molar-refractivity contribution >= 4 is 37.2 Å². The number of hydrogen-bond acceptors (Lipinski definition) is 8. The number of nitro benzene ring substituents is 1. The highest BCUT2D eigenvalue weighted by Gasteiger charge is 2.66. The molecule has 3 heterocycles. The molecule has 5 atom stereocenters. The number of hydrogen-bond donors (Lipinski definition) is 4. The average Bonchev–Trinajstić information content (AvgIpc) is 3.59. The van der Waals surface area contributed by atoms with Crippen molar-refractivity contribution in [3.63, 3.8) is 0 Å². The number of benzene rings is 2. The number of fused-ring (bicyclic) bond motifs is 2. The summed E-state index contributed by atoms with van der Waals surface area (Å²) in [5.41, 5.74) is 0.224. The van der Waals surface area contributed by atoms with Gasteiger partial charge in [0.1, 0.15) is 0 Å². The Bertz CT molecular complexity index is 1330. The molecular formula is C28H36N4O7Si. The topological polar surface area (TPSA) is 154 Å². The number of aliphatic hydroxyl groups is 1. The molecule has 2 saturated heterocycles. The number of non-ortho nitro benzene ring substituents is 1. The summed E-state index contributed by atoms with van der Waals surface area (Å²) in [5, 5.41) is 27.6. The van der Waals surface area contributed by atoms with Gasteiger partial charge in [-0.05, 0) is 62.7 Å². The Kier molecular flexibility index (Phi) is 7.57. The number of nitrogens with zero attached hydrogens (tertiary/aromatic N) is 2. The Labute approximate surface area is 233 Å². The minimum atomic E-state index is -2.88. The number of carbonyl (C=O) groups is 2. The molecule has 4 N–H and O–H groups in total. The standard InChI is InChI=1S/C28H36N4O7Si/c1-17-25(40(2,3)38)24(11-13-33)39-28(17)21-15-20(32(36)37)9-10-23(21)31(27(28)35)16-18-6-4-7-19(14-18)30-26(34)22-8-5-12-29-22/h4,6-7,9-10,14-15,17,22,24-25,29,33,38H,5,8,11-13,16H2,1-3H3,(H,30,34)/t17-,22+,24+,25-,28+/m0/s1. The summed E-state index contributed by atoms with van der Waals surface area (Å²) in [5.74, 6) is -0.948. The van der Waals surface area contributed by atoms with Crippen molar-refractivity contribution in [1.29, 1.82) is 0 Å². The molecule has 0 aliphatic carbocycles. The van der Waals surface area contributed by atoms with Crippen LogP contribution in [0.15, 0.2) is 42.5 Å². The van der Waals surface area contributed by atoms with Crippen LogP contribution >= 0.6 is 0 Å². The fourth-order valence-electron chi connectivity index (χ4n) is 6.80. The second kappa shape index (κ2) is 10.7. The third kappa shape index (κ3) is 4.83. The first kappa shape index (κ1) is 28.4. The lowest BCUT2D eigenvalue weighted by Crippen LogP contribution is -2.46. The molecule has 3 aliphatic rings. The third-order valence-electron chi connectivity index (χ3n) is 8.50. The quantitative estimate of drug-likeness (QED) is 0.215. The van der Waals surface area contributed by atoms with Crippen LogP contribution in [0, 0.1) is 16.0 Å². The predicted molar refractivity (Wildman–Crippen MR) is 151 cm³/mol. The fourth-order valence-corrected chi connectivity index (χ4v) is 9.40. The molecule has 2 aromatic carbocycles. The maximum atomic E-state index is 14.4. The van der Waals surface area contributed by atoms with E-state index in [2.05, 4.69) is 10.6 Å². The molecule has 2 amide bonds. The molecule has 3 aliphatic heterocycles. The van der Waals surface area contributed by atoms with E-state index >= 15 is 0 Å². The molecule has 40 heavy (non-hydrogen) atoms. The van der Waals surface area contributed by atoms with Crippen molar-refractivity contribution in [3.8, 4) is 0 Å². The Morgan fingerprint density at radius 2 is 2.08 bits per heavy atom. The largest absolute Gasteiger partial charge is 0.432 e. The van der Waals surface area contributed by atoms with Crippen molar-refractivity contribution in [2.24, 2.45) is 5.92 Å².